The SMILES string of the molecule is Cc1ccccc1C(=O)OC(C)CN(C)C.Cl. The number of ether oxygens (including phenoxy) is 1. The largest absolute Gasteiger partial charge is 0.458 e. The third-order valence-corrected chi connectivity index (χ3v) is 2.30. The summed E-state index contributed by atoms with van der Waals surface area (Å²) in [6, 6.07) is 7.46. The van der Waals surface area contributed by atoms with Crippen LogP contribution in [0.3, 0.4) is 0 Å². The van der Waals surface area contributed by atoms with E-state index in [0.29, 0.717) is 5.56 Å². The van der Waals surface area contributed by atoms with Crippen LogP contribution in [0.1, 0.15) is 22.8 Å². The molecule has 0 aliphatic carbocycles. The van der Waals surface area contributed by atoms with Gasteiger partial charge in [0.05, 0.1) is 5.56 Å². The van der Waals surface area contributed by atoms with Crippen LogP contribution in [0.15, 0.2) is 24.3 Å². The first-order valence-corrected chi connectivity index (χ1v) is 5.42. The Morgan fingerprint density at radius 2 is 1.94 bits per heavy atom. The maximum Gasteiger partial charge on any atom is 0.338 e. The molecule has 17 heavy (non-hydrogen) atoms. The number of halogens is 1. The third-order valence-electron chi connectivity index (χ3n) is 2.30. The normalized spacial score (nSPS) is 11.8. The number of likely N-dealkylation sites (N-methyl/N-ethyl adjacent to an activating group) is 1. The van der Waals surface area contributed by atoms with Gasteiger partial charge in [0.2, 0.25) is 0 Å². The summed E-state index contributed by atoms with van der Waals surface area (Å²) in [5.41, 5.74) is 1.60. The van der Waals surface area contributed by atoms with Gasteiger partial charge in [0, 0.05) is 6.54 Å². The number of nitrogens with zero attached hydrogens (tertiary/aromatic N) is 1. The molecule has 0 saturated carbocycles. The average molecular weight is 258 g/mol. The predicted molar refractivity (Wildman–Crippen MR) is 71.9 cm³/mol. The highest BCUT2D eigenvalue weighted by Gasteiger charge is 2.13. The van der Waals surface area contributed by atoms with E-state index in [4.69, 9.17) is 4.74 Å². The van der Waals surface area contributed by atoms with Gasteiger partial charge in [0.25, 0.3) is 0 Å². The van der Waals surface area contributed by atoms with E-state index in [2.05, 4.69) is 0 Å². The van der Waals surface area contributed by atoms with Gasteiger partial charge in [-0.2, -0.15) is 0 Å². The molecule has 1 rings (SSSR count). The molecule has 1 aromatic rings. The fourth-order valence-corrected chi connectivity index (χ4v) is 1.60. The molecule has 0 saturated heterocycles. The van der Waals surface area contributed by atoms with Gasteiger partial charge in [0.15, 0.2) is 0 Å². The van der Waals surface area contributed by atoms with E-state index in [9.17, 15) is 4.79 Å². The van der Waals surface area contributed by atoms with Crippen molar-refractivity contribution in [1.29, 1.82) is 0 Å². The molecule has 1 aromatic carbocycles. The molecule has 0 N–H and O–H groups in total. The fourth-order valence-electron chi connectivity index (χ4n) is 1.60. The Balaban J connectivity index is 0.00000256. The summed E-state index contributed by atoms with van der Waals surface area (Å²) in [6.45, 7) is 4.54. The van der Waals surface area contributed by atoms with E-state index in [-0.39, 0.29) is 24.5 Å². The molecular formula is C13H20ClNO2. The number of carbonyl (C=O) groups is 1. The molecule has 0 fully saturated rings. The number of esters is 1. The van der Waals surface area contributed by atoms with E-state index >= 15 is 0 Å². The maximum absolute atomic E-state index is 11.8. The summed E-state index contributed by atoms with van der Waals surface area (Å²) in [6.07, 6.45) is -0.0953. The van der Waals surface area contributed by atoms with Gasteiger partial charge in [-0.1, -0.05) is 18.2 Å². The second kappa shape index (κ2) is 7.30. The zero-order valence-electron chi connectivity index (χ0n) is 10.8. The van der Waals surface area contributed by atoms with E-state index in [0.717, 1.165) is 12.1 Å². The first-order valence-electron chi connectivity index (χ1n) is 5.42. The minimum atomic E-state index is -0.243. The molecule has 3 nitrogen and oxygen atoms in total. The van der Waals surface area contributed by atoms with E-state index in [1.165, 1.54) is 0 Å². The van der Waals surface area contributed by atoms with E-state index < -0.39 is 0 Å². The second-order valence-corrected chi connectivity index (χ2v) is 4.29. The number of hydrogen-bond acceptors (Lipinski definition) is 3. The minimum absolute atomic E-state index is 0. The smallest absolute Gasteiger partial charge is 0.338 e. The van der Waals surface area contributed by atoms with Gasteiger partial charge in [-0.15, -0.1) is 12.4 Å². The lowest BCUT2D eigenvalue weighted by atomic mass is 10.1. The van der Waals surface area contributed by atoms with E-state index in [1.54, 1.807) is 6.07 Å². The Morgan fingerprint density at radius 3 is 2.47 bits per heavy atom. The summed E-state index contributed by atoms with van der Waals surface area (Å²) in [5, 5.41) is 0. The monoisotopic (exact) mass is 257 g/mol. The van der Waals surface area contributed by atoms with Crippen molar-refractivity contribution in [2.24, 2.45) is 0 Å². The quantitative estimate of drug-likeness (QED) is 0.777. The van der Waals surface area contributed by atoms with Gasteiger partial charge in [0.1, 0.15) is 6.10 Å². The van der Waals surface area contributed by atoms with Crippen molar-refractivity contribution in [2.75, 3.05) is 20.6 Å². The van der Waals surface area contributed by atoms with Crippen LogP contribution in [0.25, 0.3) is 0 Å². The van der Waals surface area contributed by atoms with Crippen LogP contribution in [0.2, 0.25) is 0 Å². The van der Waals surface area contributed by atoms with Gasteiger partial charge >= 0.3 is 5.97 Å². The van der Waals surface area contributed by atoms with Gasteiger partial charge in [-0.3, -0.25) is 0 Å². The highest BCUT2D eigenvalue weighted by Crippen LogP contribution is 2.10. The minimum Gasteiger partial charge on any atom is -0.458 e. The Labute approximate surface area is 109 Å². The molecule has 1 unspecified atom stereocenters. The Hall–Kier alpha value is -1.06. The standard InChI is InChI=1S/C13H19NO2.ClH/c1-10-7-5-6-8-12(10)13(15)16-11(2)9-14(3)4;/h5-8,11H,9H2,1-4H3;1H. The molecule has 0 amide bonds. The summed E-state index contributed by atoms with van der Waals surface area (Å²) in [5.74, 6) is -0.243. The van der Waals surface area contributed by atoms with Crippen molar-refractivity contribution in [3.63, 3.8) is 0 Å². The summed E-state index contributed by atoms with van der Waals surface area (Å²) >= 11 is 0. The van der Waals surface area contributed by atoms with Gasteiger partial charge in [-0.25, -0.2) is 4.79 Å². The molecule has 0 heterocycles. The molecule has 1 atom stereocenters. The number of rotatable bonds is 4. The van der Waals surface area contributed by atoms with Crippen molar-refractivity contribution in [1.82, 2.24) is 4.90 Å². The van der Waals surface area contributed by atoms with Crippen LogP contribution in [0.4, 0.5) is 0 Å². The highest BCUT2D eigenvalue weighted by atomic mass is 35.5. The Morgan fingerprint density at radius 1 is 1.35 bits per heavy atom. The molecule has 0 radical (unpaired) electrons. The molecule has 0 aromatic heterocycles. The van der Waals surface area contributed by atoms with Crippen LogP contribution in [0.5, 0.6) is 0 Å². The fraction of sp³-hybridized carbons (Fsp3) is 0.462. The number of aryl methyl sites for hydroxylation is 1. The van der Waals surface area contributed by atoms with Crippen molar-refractivity contribution in [3.05, 3.63) is 35.4 Å². The third kappa shape index (κ3) is 5.20. The molecular weight excluding hydrogens is 238 g/mol. The zero-order chi connectivity index (χ0) is 12.1. The lowest BCUT2D eigenvalue weighted by molar-refractivity contribution is 0.0288. The summed E-state index contributed by atoms with van der Waals surface area (Å²) in [4.78, 5) is 13.8. The maximum atomic E-state index is 11.8. The Kier molecular flexibility index (Phi) is 6.85. The second-order valence-electron chi connectivity index (χ2n) is 4.29. The number of benzene rings is 1. The lowest BCUT2D eigenvalue weighted by Crippen LogP contribution is -2.28. The van der Waals surface area contributed by atoms with Crippen molar-refractivity contribution >= 4 is 18.4 Å². The van der Waals surface area contributed by atoms with Crippen LogP contribution in [-0.4, -0.2) is 37.6 Å². The van der Waals surface area contributed by atoms with E-state index in [1.807, 2.05) is 51.0 Å². The first-order chi connectivity index (χ1) is 7.50. The molecule has 96 valence electrons. The van der Waals surface area contributed by atoms with Crippen molar-refractivity contribution in [2.45, 2.75) is 20.0 Å². The Bertz CT molecular complexity index is 366. The highest BCUT2D eigenvalue weighted by molar-refractivity contribution is 5.91. The van der Waals surface area contributed by atoms with Crippen LogP contribution < -0.4 is 0 Å². The van der Waals surface area contributed by atoms with Crippen LogP contribution in [0, 0.1) is 6.92 Å². The van der Waals surface area contributed by atoms with Crippen LogP contribution >= 0.6 is 12.4 Å². The van der Waals surface area contributed by atoms with Crippen LogP contribution in [-0.2, 0) is 4.74 Å². The zero-order valence-corrected chi connectivity index (χ0v) is 11.6. The molecule has 0 bridgehead atoms. The summed E-state index contributed by atoms with van der Waals surface area (Å²) in [7, 11) is 3.91. The number of carbonyl (C=O) groups excluding carboxylic acids is 1. The molecule has 0 spiro atoms. The molecule has 4 heteroatoms. The average Bonchev–Trinajstić information content (AvgIpc) is 2.16. The predicted octanol–water partition coefficient (Wildman–Crippen LogP) is 2.52. The molecule has 0 aliphatic rings. The van der Waals surface area contributed by atoms with Gasteiger partial charge < -0.3 is 9.64 Å². The van der Waals surface area contributed by atoms with Crippen molar-refractivity contribution in [3.8, 4) is 0 Å². The first kappa shape index (κ1) is 15.9. The number of hydrogen-bond donors (Lipinski definition) is 0. The van der Waals surface area contributed by atoms with Gasteiger partial charge in [-0.05, 0) is 39.6 Å². The topological polar surface area (TPSA) is 29.5 Å². The summed E-state index contributed by atoms with van der Waals surface area (Å²) < 4.78 is 5.35. The molecule has 0 aliphatic heterocycles. The van der Waals surface area contributed by atoms with Crippen molar-refractivity contribution < 1.29 is 9.53 Å². The lowest BCUT2D eigenvalue weighted by Gasteiger charge is -2.17.